The summed E-state index contributed by atoms with van der Waals surface area (Å²) >= 11 is 5.34. The normalized spacial score (nSPS) is 11.3. The van der Waals surface area contributed by atoms with E-state index in [0.29, 0.717) is 12.2 Å². The number of para-hydroxylation sites is 2. The molecule has 0 aliphatic heterocycles. The minimum Gasteiger partial charge on any atom is -0.493 e. The number of thiocarbonyl (C=S) groups is 1. The van der Waals surface area contributed by atoms with E-state index in [-0.39, 0.29) is 11.0 Å². The lowest BCUT2D eigenvalue weighted by Gasteiger charge is -2.11. The van der Waals surface area contributed by atoms with Crippen molar-refractivity contribution in [2.75, 3.05) is 5.32 Å². The van der Waals surface area contributed by atoms with Crippen LogP contribution >= 0.6 is 12.2 Å². The highest BCUT2D eigenvalue weighted by Crippen LogP contribution is 2.39. The largest absolute Gasteiger partial charge is 0.493 e. The maximum Gasteiger partial charge on any atom is 0.221 e. The smallest absolute Gasteiger partial charge is 0.221 e. The fraction of sp³-hybridized carbons (Fsp3) is 0.160. The summed E-state index contributed by atoms with van der Waals surface area (Å²) < 4.78 is 1.86. The van der Waals surface area contributed by atoms with Gasteiger partial charge in [-0.05, 0) is 61.8 Å². The van der Waals surface area contributed by atoms with E-state index >= 15 is 0 Å². The topological polar surface area (TPSA) is 61.9 Å². The molecule has 1 aromatic heterocycles. The van der Waals surface area contributed by atoms with Crippen LogP contribution in [0.4, 0.5) is 11.4 Å². The number of azo groups is 1. The number of aromatic nitrogens is 1. The third kappa shape index (κ3) is 4.34. The maximum absolute atomic E-state index is 11.0. The van der Waals surface area contributed by atoms with E-state index in [1.165, 1.54) is 11.1 Å². The van der Waals surface area contributed by atoms with Crippen LogP contribution in [0.2, 0.25) is 0 Å². The summed E-state index contributed by atoms with van der Waals surface area (Å²) in [5.74, 6) is 0.0737. The zero-order valence-electron chi connectivity index (χ0n) is 17.8. The van der Waals surface area contributed by atoms with Gasteiger partial charge in [-0.15, -0.1) is 10.2 Å². The van der Waals surface area contributed by atoms with Gasteiger partial charge < -0.3 is 15.0 Å². The van der Waals surface area contributed by atoms with E-state index in [1.807, 2.05) is 60.0 Å². The average Bonchev–Trinajstić information content (AvgIpc) is 3.02. The van der Waals surface area contributed by atoms with E-state index in [4.69, 9.17) is 12.2 Å². The number of nitrogens with one attached hydrogen (secondary N) is 1. The maximum atomic E-state index is 11.0. The van der Waals surface area contributed by atoms with Crippen LogP contribution in [0.3, 0.4) is 0 Å². The number of nitrogens with zero attached hydrogens (tertiary/aromatic N) is 3. The average molecular weight is 429 g/mol. The molecule has 0 amide bonds. The molecule has 3 aromatic carbocycles. The van der Waals surface area contributed by atoms with Crippen LogP contribution < -0.4 is 5.32 Å². The van der Waals surface area contributed by atoms with Gasteiger partial charge in [0.25, 0.3) is 0 Å². The molecule has 0 unspecified atom stereocenters. The van der Waals surface area contributed by atoms with Crippen molar-refractivity contribution in [3.8, 4) is 5.88 Å². The minimum atomic E-state index is 0.0737. The summed E-state index contributed by atoms with van der Waals surface area (Å²) in [6, 6.07) is 21.9. The Kier molecular flexibility index (Phi) is 5.82. The van der Waals surface area contributed by atoms with E-state index in [2.05, 4.69) is 47.6 Å². The van der Waals surface area contributed by atoms with Gasteiger partial charge in [0, 0.05) is 11.1 Å². The lowest BCUT2D eigenvalue weighted by atomic mass is 10.1. The molecule has 6 heteroatoms. The van der Waals surface area contributed by atoms with Crippen LogP contribution in [0.15, 0.2) is 77.0 Å². The molecule has 4 rings (SSSR count). The Balaban J connectivity index is 1.68. The van der Waals surface area contributed by atoms with Crippen molar-refractivity contribution in [1.29, 1.82) is 0 Å². The van der Waals surface area contributed by atoms with E-state index in [0.717, 1.165) is 27.7 Å². The Morgan fingerprint density at radius 3 is 2.52 bits per heavy atom. The van der Waals surface area contributed by atoms with Crippen LogP contribution in [0.5, 0.6) is 5.88 Å². The Bertz CT molecular complexity index is 1310. The van der Waals surface area contributed by atoms with Gasteiger partial charge in [-0.2, -0.15) is 0 Å². The summed E-state index contributed by atoms with van der Waals surface area (Å²) in [5, 5.41) is 23.7. The monoisotopic (exact) mass is 428 g/mol. The second kappa shape index (κ2) is 8.70. The number of aromatic hydroxyl groups is 1. The SMILES string of the molecule is Cc1ccc(C)c(Cn2c(O)c(N=NC(=S)Nc3ccccc3C)c3ccccc32)c1. The fourth-order valence-corrected chi connectivity index (χ4v) is 3.77. The molecule has 0 aliphatic carbocycles. The summed E-state index contributed by atoms with van der Waals surface area (Å²) in [6.45, 7) is 6.68. The molecule has 0 spiro atoms. The zero-order chi connectivity index (χ0) is 22.0. The van der Waals surface area contributed by atoms with E-state index < -0.39 is 0 Å². The summed E-state index contributed by atoms with van der Waals surface area (Å²) in [6.07, 6.45) is 0. The van der Waals surface area contributed by atoms with Crippen LogP contribution in [-0.2, 0) is 6.54 Å². The highest BCUT2D eigenvalue weighted by molar-refractivity contribution is 7.80. The van der Waals surface area contributed by atoms with E-state index in [9.17, 15) is 5.11 Å². The van der Waals surface area contributed by atoms with Crippen molar-refractivity contribution in [3.05, 3.63) is 89.0 Å². The third-order valence-electron chi connectivity index (χ3n) is 5.38. The molecule has 0 fully saturated rings. The number of benzene rings is 3. The standard InChI is InChI=1S/C25H24N4OS/c1-16-12-13-17(2)19(14-16)15-29-22-11-7-5-9-20(22)23(24(29)30)27-28-25(31)26-21-10-6-4-8-18(21)3/h4-14,30H,15H2,1-3H3,(H,26,31). The lowest BCUT2D eigenvalue weighted by Crippen LogP contribution is -2.06. The summed E-state index contributed by atoms with van der Waals surface area (Å²) in [7, 11) is 0. The van der Waals surface area contributed by atoms with Gasteiger partial charge in [0.05, 0.1) is 12.1 Å². The quantitative estimate of drug-likeness (QED) is 0.277. The first-order valence-electron chi connectivity index (χ1n) is 10.1. The van der Waals surface area contributed by atoms with Gasteiger partial charge in [0.1, 0.15) is 0 Å². The first kappa shape index (κ1) is 20.8. The predicted molar refractivity (Wildman–Crippen MR) is 131 cm³/mol. The lowest BCUT2D eigenvalue weighted by molar-refractivity contribution is 0.429. The van der Waals surface area contributed by atoms with Gasteiger partial charge in [-0.1, -0.05) is 60.2 Å². The van der Waals surface area contributed by atoms with Crippen LogP contribution in [-0.4, -0.2) is 14.8 Å². The molecule has 0 atom stereocenters. The molecule has 0 saturated heterocycles. The number of hydrogen-bond acceptors (Lipinski definition) is 3. The van der Waals surface area contributed by atoms with Crippen molar-refractivity contribution in [3.63, 3.8) is 0 Å². The number of hydrogen-bond donors (Lipinski definition) is 2. The highest BCUT2D eigenvalue weighted by atomic mass is 32.1. The van der Waals surface area contributed by atoms with Crippen molar-refractivity contribution in [2.24, 2.45) is 10.2 Å². The van der Waals surface area contributed by atoms with Crippen LogP contribution in [0.25, 0.3) is 10.9 Å². The second-order valence-corrected chi connectivity index (χ2v) is 8.04. The molecular formula is C25H24N4OS. The Morgan fingerprint density at radius 2 is 1.71 bits per heavy atom. The number of anilines is 1. The number of aryl methyl sites for hydroxylation is 3. The van der Waals surface area contributed by atoms with E-state index in [1.54, 1.807) is 0 Å². The fourth-order valence-electron chi connectivity index (χ4n) is 3.62. The summed E-state index contributed by atoms with van der Waals surface area (Å²) in [4.78, 5) is 0. The Hall–Kier alpha value is -3.51. The molecule has 0 radical (unpaired) electrons. The van der Waals surface area contributed by atoms with Gasteiger partial charge in [0.2, 0.25) is 11.0 Å². The zero-order valence-corrected chi connectivity index (χ0v) is 18.6. The molecule has 2 N–H and O–H groups in total. The Labute approximate surface area is 187 Å². The molecular weight excluding hydrogens is 404 g/mol. The molecule has 0 aliphatic rings. The summed E-state index contributed by atoms with van der Waals surface area (Å²) in [5.41, 5.74) is 6.76. The Morgan fingerprint density at radius 1 is 0.968 bits per heavy atom. The molecule has 4 aromatic rings. The molecule has 156 valence electrons. The first-order valence-corrected chi connectivity index (χ1v) is 10.5. The molecule has 1 heterocycles. The minimum absolute atomic E-state index is 0.0737. The van der Waals surface area contributed by atoms with Crippen molar-refractivity contribution >= 4 is 39.6 Å². The molecule has 0 saturated carbocycles. The van der Waals surface area contributed by atoms with Crippen molar-refractivity contribution in [1.82, 2.24) is 4.57 Å². The first-order chi connectivity index (χ1) is 14.9. The third-order valence-corrected chi connectivity index (χ3v) is 5.56. The van der Waals surface area contributed by atoms with Gasteiger partial charge in [-0.25, -0.2) is 0 Å². The molecule has 5 nitrogen and oxygen atoms in total. The molecule has 31 heavy (non-hydrogen) atoms. The van der Waals surface area contributed by atoms with Gasteiger partial charge in [0.15, 0.2) is 5.69 Å². The number of fused-ring (bicyclic) bond motifs is 1. The van der Waals surface area contributed by atoms with Crippen molar-refractivity contribution in [2.45, 2.75) is 27.3 Å². The molecule has 0 bridgehead atoms. The predicted octanol–water partition coefficient (Wildman–Crippen LogP) is 6.80. The van der Waals surface area contributed by atoms with Crippen LogP contribution in [0, 0.1) is 20.8 Å². The van der Waals surface area contributed by atoms with Crippen molar-refractivity contribution < 1.29 is 5.11 Å². The second-order valence-electron chi connectivity index (χ2n) is 7.65. The highest BCUT2D eigenvalue weighted by Gasteiger charge is 2.17. The van der Waals surface area contributed by atoms with Crippen LogP contribution in [0.1, 0.15) is 22.3 Å². The van der Waals surface area contributed by atoms with Gasteiger partial charge >= 0.3 is 0 Å². The van der Waals surface area contributed by atoms with Gasteiger partial charge in [-0.3, -0.25) is 0 Å². The number of rotatable bonds is 4.